The van der Waals surface area contributed by atoms with E-state index in [9.17, 15) is 14.0 Å². The van der Waals surface area contributed by atoms with Crippen LogP contribution in [0, 0.1) is 5.82 Å². The van der Waals surface area contributed by atoms with Gasteiger partial charge in [0.1, 0.15) is 5.82 Å². The van der Waals surface area contributed by atoms with Crippen LogP contribution in [0.2, 0.25) is 0 Å². The molecule has 1 aliphatic heterocycles. The molecule has 4 rings (SSSR count). The van der Waals surface area contributed by atoms with Crippen LogP contribution in [0.4, 0.5) is 10.1 Å². The van der Waals surface area contributed by atoms with E-state index in [0.29, 0.717) is 28.2 Å². The first kappa shape index (κ1) is 22.6. The van der Waals surface area contributed by atoms with E-state index in [1.54, 1.807) is 49.7 Å². The van der Waals surface area contributed by atoms with Gasteiger partial charge in [-0.15, -0.1) is 10.2 Å². The normalized spacial score (nSPS) is 13.9. The Labute approximate surface area is 193 Å². The van der Waals surface area contributed by atoms with Crippen molar-refractivity contribution in [3.63, 3.8) is 0 Å². The van der Waals surface area contributed by atoms with Crippen molar-refractivity contribution in [2.45, 2.75) is 30.3 Å². The Morgan fingerprint density at radius 1 is 1.12 bits per heavy atom. The van der Waals surface area contributed by atoms with E-state index < -0.39 is 23.0 Å². The van der Waals surface area contributed by atoms with Gasteiger partial charge in [-0.3, -0.25) is 9.59 Å². The third-order valence-corrected chi connectivity index (χ3v) is 6.15. The molecule has 0 radical (unpaired) electrons. The second kappa shape index (κ2) is 9.49. The number of nitrogens with zero attached hydrogens (tertiary/aromatic N) is 3. The molecule has 0 fully saturated rings. The second-order valence-corrected chi connectivity index (χ2v) is 8.70. The zero-order chi connectivity index (χ0) is 23.5. The summed E-state index contributed by atoms with van der Waals surface area (Å²) in [5.41, 5.74) is 0.551. The third-order valence-electron chi connectivity index (χ3n) is 5.01. The fourth-order valence-electron chi connectivity index (χ4n) is 3.22. The summed E-state index contributed by atoms with van der Waals surface area (Å²) < 4.78 is 26.2. The first-order chi connectivity index (χ1) is 15.8. The second-order valence-electron chi connectivity index (χ2n) is 7.39. The van der Waals surface area contributed by atoms with Crippen LogP contribution >= 0.6 is 11.8 Å². The Hall–Kier alpha value is -3.60. The number of carbonyl (C=O) groups is 2. The van der Waals surface area contributed by atoms with Crippen molar-refractivity contribution in [1.29, 1.82) is 0 Å². The van der Waals surface area contributed by atoms with Crippen LogP contribution in [0.15, 0.2) is 47.6 Å². The standard InChI is InChI=1S/C22H22FN5O4S/c1-12(24-21(30)15-6-4-5-7-16(15)23)19-26-27-22(28(19)3)33-13(2)20(29)25-14-8-9-17-18(10-14)32-11-31-17/h4-10,12-13H,11H2,1-3H3,(H,24,30)(H,25,29)/t12-,13-/m1/s1. The number of hydrogen-bond acceptors (Lipinski definition) is 7. The van der Waals surface area contributed by atoms with Gasteiger partial charge in [0, 0.05) is 18.8 Å². The number of hydrogen-bond donors (Lipinski definition) is 2. The van der Waals surface area contributed by atoms with Crippen molar-refractivity contribution in [1.82, 2.24) is 20.1 Å². The monoisotopic (exact) mass is 471 g/mol. The van der Waals surface area contributed by atoms with Gasteiger partial charge in [-0.2, -0.15) is 0 Å². The molecule has 2 N–H and O–H groups in total. The molecule has 2 aromatic carbocycles. The van der Waals surface area contributed by atoms with Gasteiger partial charge in [0.05, 0.1) is 16.9 Å². The van der Waals surface area contributed by atoms with Crippen LogP contribution in [-0.4, -0.2) is 38.6 Å². The number of amides is 2. The van der Waals surface area contributed by atoms with Gasteiger partial charge in [0.15, 0.2) is 22.5 Å². The van der Waals surface area contributed by atoms with Crippen molar-refractivity contribution in [3.05, 3.63) is 59.7 Å². The molecule has 33 heavy (non-hydrogen) atoms. The molecular weight excluding hydrogens is 449 g/mol. The Bertz CT molecular complexity index is 1200. The maximum atomic E-state index is 13.9. The van der Waals surface area contributed by atoms with Crippen molar-refractivity contribution in [3.8, 4) is 11.5 Å². The highest BCUT2D eigenvalue weighted by molar-refractivity contribution is 8.00. The maximum absolute atomic E-state index is 13.9. The molecule has 11 heteroatoms. The summed E-state index contributed by atoms with van der Waals surface area (Å²) in [5.74, 6) is 0.332. The third kappa shape index (κ3) is 4.92. The largest absolute Gasteiger partial charge is 0.454 e. The number of aromatic nitrogens is 3. The number of anilines is 1. The number of rotatable bonds is 7. The van der Waals surface area contributed by atoms with E-state index >= 15 is 0 Å². The Morgan fingerprint density at radius 3 is 2.67 bits per heavy atom. The maximum Gasteiger partial charge on any atom is 0.254 e. The Kier molecular flexibility index (Phi) is 6.50. The average Bonchev–Trinajstić information content (AvgIpc) is 3.40. The fraction of sp³-hybridized carbons (Fsp3) is 0.273. The van der Waals surface area contributed by atoms with E-state index in [0.717, 1.165) is 0 Å². The number of halogens is 1. The molecule has 2 heterocycles. The highest BCUT2D eigenvalue weighted by atomic mass is 32.2. The molecule has 2 amide bonds. The van der Waals surface area contributed by atoms with Crippen molar-refractivity contribution in [2.75, 3.05) is 12.1 Å². The lowest BCUT2D eigenvalue weighted by molar-refractivity contribution is -0.115. The first-order valence-electron chi connectivity index (χ1n) is 10.2. The summed E-state index contributed by atoms with van der Waals surface area (Å²) in [6.07, 6.45) is 0. The van der Waals surface area contributed by atoms with Gasteiger partial charge in [0.25, 0.3) is 5.91 Å². The number of ether oxygens (including phenoxy) is 2. The van der Waals surface area contributed by atoms with E-state index in [-0.39, 0.29) is 18.3 Å². The number of fused-ring (bicyclic) bond motifs is 1. The first-order valence-corrected chi connectivity index (χ1v) is 11.0. The molecule has 0 saturated heterocycles. The highest BCUT2D eigenvalue weighted by Crippen LogP contribution is 2.34. The number of thioether (sulfide) groups is 1. The summed E-state index contributed by atoms with van der Waals surface area (Å²) >= 11 is 1.23. The molecule has 1 aromatic heterocycles. The minimum absolute atomic E-state index is 0.0464. The molecule has 0 unspecified atom stereocenters. The highest BCUT2D eigenvalue weighted by Gasteiger charge is 2.23. The molecule has 0 spiro atoms. The lowest BCUT2D eigenvalue weighted by atomic mass is 10.2. The molecule has 1 aliphatic rings. The molecule has 0 saturated carbocycles. The van der Waals surface area contributed by atoms with Gasteiger partial charge in [0.2, 0.25) is 12.7 Å². The summed E-state index contributed by atoms with van der Waals surface area (Å²) in [4.78, 5) is 25.0. The molecule has 9 nitrogen and oxygen atoms in total. The molecule has 0 aliphatic carbocycles. The van der Waals surface area contributed by atoms with E-state index in [2.05, 4.69) is 20.8 Å². The lowest BCUT2D eigenvalue weighted by Gasteiger charge is -2.15. The van der Waals surface area contributed by atoms with Crippen LogP contribution in [0.3, 0.4) is 0 Å². The SMILES string of the molecule is C[C@@H](Sc1nnc([C@@H](C)NC(=O)c2ccccc2F)n1C)C(=O)Nc1ccc2c(c1)OCO2. The van der Waals surface area contributed by atoms with E-state index in [1.165, 1.54) is 30.0 Å². The zero-order valence-electron chi connectivity index (χ0n) is 18.2. The predicted octanol–water partition coefficient (Wildman–Crippen LogP) is 3.29. The number of carbonyl (C=O) groups excluding carboxylic acids is 2. The quantitative estimate of drug-likeness (QED) is 0.509. The summed E-state index contributed by atoms with van der Waals surface area (Å²) in [6, 6.07) is 10.4. The molecule has 172 valence electrons. The van der Waals surface area contributed by atoms with Crippen LogP contribution in [0.5, 0.6) is 11.5 Å². The molecular formula is C22H22FN5O4S. The Balaban J connectivity index is 1.38. The van der Waals surface area contributed by atoms with Crippen LogP contribution in [0.1, 0.15) is 36.1 Å². The van der Waals surface area contributed by atoms with Gasteiger partial charge < -0.3 is 24.7 Å². The fourth-order valence-corrected chi connectivity index (χ4v) is 4.04. The van der Waals surface area contributed by atoms with Gasteiger partial charge in [-0.05, 0) is 38.1 Å². The Morgan fingerprint density at radius 2 is 1.88 bits per heavy atom. The minimum Gasteiger partial charge on any atom is -0.454 e. The smallest absolute Gasteiger partial charge is 0.254 e. The van der Waals surface area contributed by atoms with Gasteiger partial charge >= 0.3 is 0 Å². The van der Waals surface area contributed by atoms with E-state index in [1.807, 2.05) is 0 Å². The summed E-state index contributed by atoms with van der Waals surface area (Å²) in [7, 11) is 1.74. The number of benzene rings is 2. The van der Waals surface area contributed by atoms with Crippen molar-refractivity contribution in [2.24, 2.45) is 7.05 Å². The molecule has 3 aromatic rings. The summed E-state index contributed by atoms with van der Waals surface area (Å²) in [6.45, 7) is 3.64. The summed E-state index contributed by atoms with van der Waals surface area (Å²) in [5, 5.41) is 13.9. The van der Waals surface area contributed by atoms with Crippen molar-refractivity contribution >= 4 is 29.3 Å². The predicted molar refractivity (Wildman–Crippen MR) is 120 cm³/mol. The van der Waals surface area contributed by atoms with Gasteiger partial charge in [-0.25, -0.2) is 4.39 Å². The van der Waals surface area contributed by atoms with Crippen LogP contribution < -0.4 is 20.1 Å². The zero-order valence-corrected chi connectivity index (χ0v) is 19.0. The topological polar surface area (TPSA) is 107 Å². The van der Waals surface area contributed by atoms with Crippen LogP contribution in [0.25, 0.3) is 0 Å². The van der Waals surface area contributed by atoms with Crippen molar-refractivity contribution < 1.29 is 23.5 Å². The lowest BCUT2D eigenvalue weighted by Crippen LogP contribution is -2.29. The molecule has 2 atom stereocenters. The van der Waals surface area contributed by atoms with E-state index in [4.69, 9.17) is 9.47 Å². The molecule has 0 bridgehead atoms. The average molecular weight is 472 g/mol. The van der Waals surface area contributed by atoms with Gasteiger partial charge in [-0.1, -0.05) is 23.9 Å². The minimum atomic E-state index is -0.598. The van der Waals surface area contributed by atoms with Crippen LogP contribution in [-0.2, 0) is 11.8 Å². The number of nitrogens with one attached hydrogen (secondary N) is 2.